The van der Waals surface area contributed by atoms with Crippen LogP contribution in [0.5, 0.6) is 5.88 Å². The molecule has 0 spiro atoms. The molecule has 0 aliphatic heterocycles. The van der Waals surface area contributed by atoms with Crippen molar-refractivity contribution >= 4 is 28.7 Å². The molecule has 0 atom stereocenters. The topological polar surface area (TPSA) is 152 Å². The Bertz CT molecular complexity index is 545. The summed E-state index contributed by atoms with van der Waals surface area (Å²) in [5.74, 6) is 0.860. The highest BCUT2D eigenvalue weighted by molar-refractivity contribution is 7.80. The molecule has 126 valence electrons. The predicted octanol–water partition coefficient (Wildman–Crippen LogP) is 0.625. The van der Waals surface area contributed by atoms with Gasteiger partial charge in [0, 0.05) is 24.6 Å². The van der Waals surface area contributed by atoms with Gasteiger partial charge in [0.05, 0.1) is 11.5 Å². The second kappa shape index (κ2) is 11.1. The zero-order valence-corrected chi connectivity index (χ0v) is 13.2. The Morgan fingerprint density at radius 3 is 2.59 bits per heavy atom. The van der Waals surface area contributed by atoms with Crippen LogP contribution >= 0.6 is 12.6 Å². The van der Waals surface area contributed by atoms with E-state index in [2.05, 4.69) is 22.9 Å². The predicted molar refractivity (Wildman–Crippen MR) is 81.9 cm³/mol. The highest BCUT2D eigenvalue weighted by Gasteiger charge is 2.14. The maximum Gasteiger partial charge on any atom is 0.394 e. The average Bonchev–Trinajstić information content (AvgIpc) is 2.41. The van der Waals surface area contributed by atoms with Gasteiger partial charge in [0.2, 0.25) is 0 Å². The molecule has 0 aliphatic rings. The largest absolute Gasteiger partial charge is 0.473 e. The minimum absolute atomic E-state index is 0.0756. The quantitative estimate of drug-likeness (QED) is 0.173. The third kappa shape index (κ3) is 12.3. The van der Waals surface area contributed by atoms with Gasteiger partial charge in [0.1, 0.15) is 0 Å². The van der Waals surface area contributed by atoms with Crippen molar-refractivity contribution in [2.45, 2.75) is 6.42 Å². The molecule has 22 heavy (non-hydrogen) atoms. The second-order valence-electron chi connectivity index (χ2n) is 3.71. The number of nitro groups is 1. The van der Waals surface area contributed by atoms with Crippen molar-refractivity contribution in [1.29, 1.82) is 0 Å². The fourth-order valence-electron chi connectivity index (χ4n) is 1.20. The summed E-state index contributed by atoms with van der Waals surface area (Å²) in [5, 5.41) is 13.8. The lowest BCUT2D eigenvalue weighted by molar-refractivity contribution is -0.386. The molecular formula is C10H17N3O7S2. The fourth-order valence-corrected chi connectivity index (χ4v) is 1.36. The number of hydrogen-bond acceptors (Lipinski definition) is 8. The van der Waals surface area contributed by atoms with Crippen LogP contribution in [-0.2, 0) is 10.4 Å². The van der Waals surface area contributed by atoms with Gasteiger partial charge in [-0.3, -0.25) is 19.2 Å². The van der Waals surface area contributed by atoms with Crippen molar-refractivity contribution in [3.05, 3.63) is 28.4 Å². The van der Waals surface area contributed by atoms with E-state index < -0.39 is 15.3 Å². The molecule has 0 aliphatic carbocycles. The van der Waals surface area contributed by atoms with Crippen LogP contribution in [0.4, 0.5) is 5.69 Å². The van der Waals surface area contributed by atoms with Crippen molar-refractivity contribution in [2.24, 2.45) is 0 Å². The molecule has 0 aromatic carbocycles. The summed E-state index contributed by atoms with van der Waals surface area (Å²) in [5.41, 5.74) is -0.101. The molecule has 0 bridgehead atoms. The van der Waals surface area contributed by atoms with E-state index in [4.69, 9.17) is 22.3 Å². The Hall–Kier alpha value is -1.47. The molecule has 0 amide bonds. The van der Waals surface area contributed by atoms with Gasteiger partial charge in [-0.2, -0.15) is 21.0 Å². The van der Waals surface area contributed by atoms with Crippen molar-refractivity contribution in [3.8, 4) is 5.88 Å². The first-order valence-corrected chi connectivity index (χ1v) is 8.02. The number of thiol groups is 1. The molecule has 0 saturated heterocycles. The number of ether oxygens (including phenoxy) is 1. The number of hydrogen-bond donors (Lipinski definition) is 4. The maximum atomic E-state index is 10.7. The lowest BCUT2D eigenvalue weighted by Gasteiger charge is -2.05. The first kappa shape index (κ1) is 20.5. The maximum absolute atomic E-state index is 10.7. The zero-order valence-electron chi connectivity index (χ0n) is 11.5. The van der Waals surface area contributed by atoms with E-state index in [1.54, 1.807) is 0 Å². The number of pyridine rings is 1. The number of rotatable bonds is 8. The van der Waals surface area contributed by atoms with Gasteiger partial charge in [-0.05, 0) is 19.0 Å². The average molecular weight is 355 g/mol. The highest BCUT2D eigenvalue weighted by atomic mass is 32.3. The first-order valence-electron chi connectivity index (χ1n) is 5.99. The van der Waals surface area contributed by atoms with Crippen molar-refractivity contribution in [3.63, 3.8) is 0 Å². The fraction of sp³-hybridized carbons (Fsp3) is 0.500. The molecule has 0 fully saturated rings. The van der Waals surface area contributed by atoms with Crippen molar-refractivity contribution < 1.29 is 27.2 Å². The molecule has 0 radical (unpaired) electrons. The van der Waals surface area contributed by atoms with Gasteiger partial charge in [-0.15, -0.1) is 0 Å². The molecule has 1 aromatic rings. The van der Waals surface area contributed by atoms with E-state index in [-0.39, 0.29) is 11.6 Å². The van der Waals surface area contributed by atoms with Crippen LogP contribution in [-0.4, -0.2) is 52.9 Å². The van der Waals surface area contributed by atoms with Crippen LogP contribution in [0.15, 0.2) is 18.3 Å². The summed E-state index contributed by atoms with van der Waals surface area (Å²) in [6, 6.07) is 2.89. The molecule has 3 N–H and O–H groups in total. The summed E-state index contributed by atoms with van der Waals surface area (Å²) in [7, 11) is -4.67. The van der Waals surface area contributed by atoms with Crippen LogP contribution in [0.25, 0.3) is 0 Å². The lowest BCUT2D eigenvalue weighted by Crippen LogP contribution is -2.19. The highest BCUT2D eigenvalue weighted by Crippen LogP contribution is 2.22. The van der Waals surface area contributed by atoms with Crippen LogP contribution in [0, 0.1) is 10.1 Å². The smallest absolute Gasteiger partial charge is 0.394 e. The molecule has 0 saturated carbocycles. The van der Waals surface area contributed by atoms with Crippen LogP contribution in [0.2, 0.25) is 0 Å². The van der Waals surface area contributed by atoms with Gasteiger partial charge >= 0.3 is 16.1 Å². The van der Waals surface area contributed by atoms with Gasteiger partial charge in [0.15, 0.2) is 0 Å². The Labute approximate surface area is 133 Å². The molecule has 1 rings (SSSR count). The van der Waals surface area contributed by atoms with E-state index in [9.17, 15) is 10.1 Å². The minimum atomic E-state index is -4.67. The number of nitrogens with zero attached hydrogens (tertiary/aromatic N) is 2. The van der Waals surface area contributed by atoms with Gasteiger partial charge in [-0.25, -0.2) is 4.98 Å². The first-order chi connectivity index (χ1) is 10.3. The number of nitrogens with one attached hydrogen (secondary N) is 1. The summed E-state index contributed by atoms with van der Waals surface area (Å²) >= 11 is 4.06. The number of aromatic nitrogens is 1. The van der Waals surface area contributed by atoms with Gasteiger partial charge < -0.3 is 10.1 Å². The Morgan fingerprint density at radius 1 is 1.41 bits per heavy atom. The Balaban J connectivity index is 0.000000763. The Kier molecular flexibility index (Phi) is 10.4. The summed E-state index contributed by atoms with van der Waals surface area (Å²) in [4.78, 5) is 14.0. The molecule has 12 heteroatoms. The summed E-state index contributed by atoms with van der Waals surface area (Å²) < 4.78 is 36.9. The molecule has 10 nitrogen and oxygen atoms in total. The third-order valence-corrected chi connectivity index (χ3v) is 2.20. The molecule has 0 unspecified atom stereocenters. The van der Waals surface area contributed by atoms with Crippen molar-refractivity contribution in [2.75, 3.05) is 25.4 Å². The lowest BCUT2D eigenvalue weighted by atomic mass is 10.4. The van der Waals surface area contributed by atoms with E-state index in [0.29, 0.717) is 6.61 Å². The van der Waals surface area contributed by atoms with Crippen LogP contribution in [0.3, 0.4) is 0 Å². The molecular weight excluding hydrogens is 338 g/mol. The normalized spacial score (nSPS) is 10.5. The standard InChI is InChI=1S/C10H15N3O3S.H2O4S/c14-13(15)9-3-1-5-12-10(9)16-7-2-4-11-6-8-17;1-5(2,3)4/h1,3,5,11,17H,2,4,6-8H2;(H2,1,2,3,4). The zero-order chi connectivity index (χ0) is 17.0. The van der Waals surface area contributed by atoms with Crippen molar-refractivity contribution in [1.82, 2.24) is 10.3 Å². The summed E-state index contributed by atoms with van der Waals surface area (Å²) in [6.07, 6.45) is 2.24. The van der Waals surface area contributed by atoms with Crippen LogP contribution in [0.1, 0.15) is 6.42 Å². The minimum Gasteiger partial charge on any atom is -0.473 e. The van der Waals surface area contributed by atoms with E-state index >= 15 is 0 Å². The van der Waals surface area contributed by atoms with E-state index in [1.807, 2.05) is 0 Å². The Morgan fingerprint density at radius 2 is 2.05 bits per heavy atom. The van der Waals surface area contributed by atoms with Crippen LogP contribution < -0.4 is 10.1 Å². The monoisotopic (exact) mass is 355 g/mol. The van der Waals surface area contributed by atoms with Gasteiger partial charge in [0.25, 0.3) is 5.88 Å². The molecule has 1 aromatic heterocycles. The molecule has 1 heterocycles. The second-order valence-corrected chi connectivity index (χ2v) is 5.05. The van der Waals surface area contributed by atoms with E-state index in [0.717, 1.165) is 25.3 Å². The third-order valence-electron chi connectivity index (χ3n) is 1.97. The van der Waals surface area contributed by atoms with Gasteiger partial charge in [-0.1, -0.05) is 0 Å². The van der Waals surface area contributed by atoms with E-state index in [1.165, 1.54) is 18.3 Å². The summed E-state index contributed by atoms with van der Waals surface area (Å²) in [6.45, 7) is 2.03. The SMILES string of the molecule is O=S(=O)(O)O.O=[N+]([O-])c1cccnc1OCCCNCCS.